The first-order valence-electron chi connectivity index (χ1n) is 8.79. The van der Waals surface area contributed by atoms with E-state index in [-0.39, 0.29) is 18.4 Å². The van der Waals surface area contributed by atoms with Gasteiger partial charge in [-0.1, -0.05) is 42.5 Å². The minimum atomic E-state index is -0.929. The number of carboxylic acid groups (broad SMARTS) is 1. The third-order valence-corrected chi connectivity index (χ3v) is 4.33. The van der Waals surface area contributed by atoms with E-state index in [2.05, 4.69) is 5.32 Å². The normalized spacial score (nSPS) is 11.5. The van der Waals surface area contributed by atoms with Crippen LogP contribution in [0, 0.1) is 0 Å². The molecule has 1 unspecified atom stereocenters. The number of rotatable bonds is 8. The van der Waals surface area contributed by atoms with E-state index in [0.717, 1.165) is 5.56 Å². The third-order valence-electron chi connectivity index (χ3n) is 4.33. The molecule has 0 fully saturated rings. The number of benzene rings is 2. The van der Waals surface area contributed by atoms with Crippen LogP contribution in [0.2, 0.25) is 0 Å². The van der Waals surface area contributed by atoms with E-state index in [9.17, 15) is 14.4 Å². The van der Waals surface area contributed by atoms with Crippen molar-refractivity contribution in [2.45, 2.75) is 26.2 Å². The van der Waals surface area contributed by atoms with Crippen molar-refractivity contribution >= 4 is 23.5 Å². The van der Waals surface area contributed by atoms with Gasteiger partial charge in [-0.2, -0.15) is 0 Å². The molecular weight excluding hydrogens is 344 g/mol. The highest BCUT2D eigenvalue weighted by atomic mass is 16.4. The monoisotopic (exact) mass is 368 g/mol. The Morgan fingerprint density at radius 3 is 2.41 bits per heavy atom. The molecule has 1 atom stereocenters. The van der Waals surface area contributed by atoms with Crippen molar-refractivity contribution in [3.05, 3.63) is 65.7 Å². The first kappa shape index (κ1) is 20.2. The standard InChI is InChI=1S/C21H24N2O4/c1-15(21(26)27)18-9-6-10-19(13-18)22-20(25)14-23(16(2)24)12-11-17-7-4-3-5-8-17/h3-10,13,15H,11-12,14H2,1-2H3,(H,22,25)(H,26,27). The quantitative estimate of drug-likeness (QED) is 0.750. The van der Waals surface area contributed by atoms with Gasteiger partial charge in [-0.15, -0.1) is 0 Å². The second-order valence-corrected chi connectivity index (χ2v) is 6.41. The average molecular weight is 368 g/mol. The minimum Gasteiger partial charge on any atom is -0.481 e. The van der Waals surface area contributed by atoms with Crippen LogP contribution < -0.4 is 5.32 Å². The maximum atomic E-state index is 12.3. The van der Waals surface area contributed by atoms with Crippen molar-refractivity contribution < 1.29 is 19.5 Å². The van der Waals surface area contributed by atoms with Crippen LogP contribution in [0.15, 0.2) is 54.6 Å². The molecule has 2 rings (SSSR count). The summed E-state index contributed by atoms with van der Waals surface area (Å²) in [6.45, 7) is 3.42. The Labute approximate surface area is 158 Å². The number of carbonyl (C=O) groups excluding carboxylic acids is 2. The summed E-state index contributed by atoms with van der Waals surface area (Å²) in [6.07, 6.45) is 0.666. The molecule has 0 aliphatic heterocycles. The van der Waals surface area contributed by atoms with Crippen molar-refractivity contribution in [2.75, 3.05) is 18.4 Å². The molecule has 6 heteroatoms. The lowest BCUT2D eigenvalue weighted by Crippen LogP contribution is -2.38. The van der Waals surface area contributed by atoms with E-state index in [1.165, 1.54) is 11.8 Å². The van der Waals surface area contributed by atoms with Crippen LogP contribution in [0.3, 0.4) is 0 Å². The van der Waals surface area contributed by atoms with Gasteiger partial charge < -0.3 is 15.3 Å². The number of nitrogens with zero attached hydrogens (tertiary/aromatic N) is 1. The van der Waals surface area contributed by atoms with Gasteiger partial charge in [-0.05, 0) is 36.6 Å². The average Bonchev–Trinajstić information content (AvgIpc) is 2.65. The Bertz CT molecular complexity index is 805. The minimum absolute atomic E-state index is 0.0547. The number of carbonyl (C=O) groups is 3. The highest BCUT2D eigenvalue weighted by Crippen LogP contribution is 2.19. The molecule has 0 saturated heterocycles. The molecule has 6 nitrogen and oxygen atoms in total. The molecule has 2 aromatic carbocycles. The molecular formula is C21H24N2O4. The first-order chi connectivity index (χ1) is 12.9. The molecule has 0 aliphatic carbocycles. The smallest absolute Gasteiger partial charge is 0.310 e. The Balaban J connectivity index is 1.96. The lowest BCUT2D eigenvalue weighted by atomic mass is 10.0. The van der Waals surface area contributed by atoms with E-state index in [1.807, 2.05) is 30.3 Å². The zero-order valence-electron chi connectivity index (χ0n) is 15.5. The summed E-state index contributed by atoms with van der Waals surface area (Å²) in [7, 11) is 0. The largest absolute Gasteiger partial charge is 0.481 e. The number of hydrogen-bond acceptors (Lipinski definition) is 3. The Kier molecular flexibility index (Phi) is 7.11. The van der Waals surface area contributed by atoms with E-state index >= 15 is 0 Å². The summed E-state index contributed by atoms with van der Waals surface area (Å²) < 4.78 is 0. The fraction of sp³-hybridized carbons (Fsp3) is 0.286. The fourth-order valence-electron chi connectivity index (χ4n) is 2.66. The second kappa shape index (κ2) is 9.52. The Hall–Kier alpha value is -3.15. The zero-order chi connectivity index (χ0) is 19.8. The number of amides is 2. The summed E-state index contributed by atoms with van der Waals surface area (Å²) in [4.78, 5) is 36.8. The van der Waals surface area contributed by atoms with Crippen LogP contribution >= 0.6 is 0 Å². The maximum Gasteiger partial charge on any atom is 0.310 e. The van der Waals surface area contributed by atoms with Gasteiger partial charge in [-0.25, -0.2) is 0 Å². The molecule has 2 N–H and O–H groups in total. The van der Waals surface area contributed by atoms with Crippen LogP contribution in [0.1, 0.15) is 30.9 Å². The highest BCUT2D eigenvalue weighted by molar-refractivity contribution is 5.94. The molecule has 0 aliphatic rings. The predicted octanol–water partition coefficient (Wildman–Crippen LogP) is 2.90. The number of anilines is 1. The lowest BCUT2D eigenvalue weighted by Gasteiger charge is -2.20. The zero-order valence-corrected chi connectivity index (χ0v) is 15.5. The van der Waals surface area contributed by atoms with E-state index in [1.54, 1.807) is 31.2 Å². The van der Waals surface area contributed by atoms with Crippen LogP contribution in [0.4, 0.5) is 5.69 Å². The number of hydrogen-bond donors (Lipinski definition) is 2. The van der Waals surface area contributed by atoms with Gasteiger partial charge in [0.1, 0.15) is 0 Å². The van der Waals surface area contributed by atoms with E-state index in [4.69, 9.17) is 5.11 Å². The molecule has 0 aromatic heterocycles. The second-order valence-electron chi connectivity index (χ2n) is 6.41. The van der Waals surface area contributed by atoms with Gasteiger partial charge in [0, 0.05) is 19.2 Å². The van der Waals surface area contributed by atoms with Gasteiger partial charge >= 0.3 is 5.97 Å². The van der Waals surface area contributed by atoms with Crippen LogP contribution in [0.5, 0.6) is 0 Å². The predicted molar refractivity (Wildman–Crippen MR) is 104 cm³/mol. The molecule has 0 saturated carbocycles. The summed E-state index contributed by atoms with van der Waals surface area (Å²) in [6, 6.07) is 16.5. The Morgan fingerprint density at radius 1 is 1.07 bits per heavy atom. The molecule has 2 aromatic rings. The molecule has 142 valence electrons. The van der Waals surface area contributed by atoms with E-state index < -0.39 is 11.9 Å². The Morgan fingerprint density at radius 2 is 1.78 bits per heavy atom. The maximum absolute atomic E-state index is 12.3. The van der Waals surface area contributed by atoms with Gasteiger partial charge in [-0.3, -0.25) is 14.4 Å². The summed E-state index contributed by atoms with van der Waals surface area (Å²) in [5.74, 6) is -2.09. The van der Waals surface area contributed by atoms with Gasteiger partial charge in [0.05, 0.1) is 12.5 Å². The van der Waals surface area contributed by atoms with Gasteiger partial charge in [0.2, 0.25) is 11.8 Å². The van der Waals surface area contributed by atoms with Crippen molar-refractivity contribution in [3.8, 4) is 0 Å². The van der Waals surface area contributed by atoms with Crippen molar-refractivity contribution in [2.24, 2.45) is 0 Å². The van der Waals surface area contributed by atoms with Crippen molar-refractivity contribution in [3.63, 3.8) is 0 Å². The molecule has 0 bridgehead atoms. The van der Waals surface area contributed by atoms with Gasteiger partial charge in [0.15, 0.2) is 0 Å². The number of aliphatic carboxylic acids is 1. The fourth-order valence-corrected chi connectivity index (χ4v) is 2.66. The lowest BCUT2D eigenvalue weighted by molar-refractivity contribution is -0.138. The molecule has 0 radical (unpaired) electrons. The van der Waals surface area contributed by atoms with Crippen molar-refractivity contribution in [1.29, 1.82) is 0 Å². The number of carboxylic acids is 1. The SMILES string of the molecule is CC(=O)N(CCc1ccccc1)CC(=O)Nc1cccc(C(C)C(=O)O)c1. The van der Waals surface area contributed by atoms with Crippen molar-refractivity contribution in [1.82, 2.24) is 4.90 Å². The molecule has 27 heavy (non-hydrogen) atoms. The van der Waals surface area contributed by atoms with Crippen LogP contribution in [-0.4, -0.2) is 40.9 Å². The highest BCUT2D eigenvalue weighted by Gasteiger charge is 2.16. The molecule has 0 heterocycles. The molecule has 2 amide bonds. The van der Waals surface area contributed by atoms with Gasteiger partial charge in [0.25, 0.3) is 0 Å². The summed E-state index contributed by atoms with van der Waals surface area (Å²) in [5.41, 5.74) is 2.21. The first-order valence-corrected chi connectivity index (χ1v) is 8.79. The third kappa shape index (κ3) is 6.26. The summed E-state index contributed by atoms with van der Waals surface area (Å²) >= 11 is 0. The number of nitrogens with one attached hydrogen (secondary N) is 1. The summed E-state index contributed by atoms with van der Waals surface area (Å²) in [5, 5.41) is 11.8. The molecule has 0 spiro atoms. The van der Waals surface area contributed by atoms with Crippen LogP contribution in [0.25, 0.3) is 0 Å². The topological polar surface area (TPSA) is 86.7 Å². The van der Waals surface area contributed by atoms with E-state index in [0.29, 0.717) is 24.2 Å². The van der Waals surface area contributed by atoms with Crippen LogP contribution in [-0.2, 0) is 20.8 Å².